The maximum atomic E-state index is 13.6. The zero-order chi connectivity index (χ0) is 14.5. The molecule has 0 bridgehead atoms. The highest BCUT2D eigenvalue weighted by atomic mass is 19.1. The summed E-state index contributed by atoms with van der Waals surface area (Å²) < 4.78 is 32.5. The number of hydrogen-bond acceptors (Lipinski definition) is 3. The molecule has 0 radical (unpaired) electrons. The first-order valence-corrected chi connectivity index (χ1v) is 5.94. The minimum absolute atomic E-state index is 0.0333. The van der Waals surface area contributed by atoms with E-state index in [1.807, 2.05) is 6.07 Å². The van der Waals surface area contributed by atoms with Gasteiger partial charge in [-0.2, -0.15) is 5.26 Å². The molecule has 5 heteroatoms. The van der Waals surface area contributed by atoms with Crippen LogP contribution in [0.3, 0.4) is 0 Å². The summed E-state index contributed by atoms with van der Waals surface area (Å²) in [6, 6.07) is 10.3. The molecular formula is C15H12F2N2O. The van der Waals surface area contributed by atoms with Crippen LogP contribution >= 0.6 is 0 Å². The van der Waals surface area contributed by atoms with Gasteiger partial charge in [-0.15, -0.1) is 0 Å². The average molecular weight is 274 g/mol. The summed E-state index contributed by atoms with van der Waals surface area (Å²) in [6.07, 6.45) is 0. The van der Waals surface area contributed by atoms with E-state index in [4.69, 9.17) is 15.7 Å². The second-order valence-corrected chi connectivity index (χ2v) is 4.18. The molecule has 2 aromatic carbocycles. The highest BCUT2D eigenvalue weighted by Crippen LogP contribution is 2.20. The van der Waals surface area contributed by atoms with Gasteiger partial charge in [-0.1, -0.05) is 12.1 Å². The second kappa shape index (κ2) is 6.13. The normalized spacial score (nSPS) is 10.1. The SMILES string of the molecule is N#Cc1ccc(COc2ccc(CN)cc2F)c(F)c1. The Morgan fingerprint density at radius 2 is 1.90 bits per heavy atom. The first-order chi connectivity index (χ1) is 9.63. The van der Waals surface area contributed by atoms with E-state index in [1.54, 1.807) is 6.07 Å². The number of rotatable bonds is 4. The van der Waals surface area contributed by atoms with Crippen LogP contribution in [0.5, 0.6) is 5.75 Å². The van der Waals surface area contributed by atoms with Gasteiger partial charge >= 0.3 is 0 Å². The third-order valence-corrected chi connectivity index (χ3v) is 2.80. The van der Waals surface area contributed by atoms with E-state index >= 15 is 0 Å². The Morgan fingerprint density at radius 3 is 2.50 bits per heavy atom. The Labute approximate surface area is 115 Å². The van der Waals surface area contributed by atoms with Crippen molar-refractivity contribution in [1.82, 2.24) is 0 Å². The van der Waals surface area contributed by atoms with Crippen LogP contribution in [0, 0.1) is 23.0 Å². The quantitative estimate of drug-likeness (QED) is 0.932. The molecule has 0 aliphatic rings. The molecule has 0 aliphatic heterocycles. The van der Waals surface area contributed by atoms with Crippen molar-refractivity contribution in [2.45, 2.75) is 13.2 Å². The van der Waals surface area contributed by atoms with Crippen LogP contribution in [0.4, 0.5) is 8.78 Å². The number of nitrogens with zero attached hydrogens (tertiary/aromatic N) is 1. The van der Waals surface area contributed by atoms with Crippen LogP contribution in [-0.2, 0) is 13.2 Å². The van der Waals surface area contributed by atoms with Gasteiger partial charge in [0.15, 0.2) is 11.6 Å². The zero-order valence-electron chi connectivity index (χ0n) is 10.6. The van der Waals surface area contributed by atoms with Crippen molar-refractivity contribution in [2.75, 3.05) is 0 Å². The van der Waals surface area contributed by atoms with Crippen LogP contribution in [-0.4, -0.2) is 0 Å². The largest absolute Gasteiger partial charge is 0.486 e. The van der Waals surface area contributed by atoms with E-state index < -0.39 is 11.6 Å². The molecule has 0 saturated heterocycles. The van der Waals surface area contributed by atoms with Gasteiger partial charge in [0.2, 0.25) is 0 Å². The first kappa shape index (κ1) is 14.0. The summed E-state index contributed by atoms with van der Waals surface area (Å²) in [4.78, 5) is 0. The number of ether oxygens (including phenoxy) is 1. The van der Waals surface area contributed by atoms with Gasteiger partial charge in [0, 0.05) is 12.1 Å². The summed E-state index contributed by atoms with van der Waals surface area (Å²) in [5, 5.41) is 8.64. The maximum Gasteiger partial charge on any atom is 0.165 e. The molecule has 0 amide bonds. The molecule has 0 fully saturated rings. The lowest BCUT2D eigenvalue weighted by atomic mass is 10.1. The van der Waals surface area contributed by atoms with Crippen molar-refractivity contribution in [3.05, 3.63) is 64.7 Å². The molecule has 3 nitrogen and oxygen atoms in total. The smallest absolute Gasteiger partial charge is 0.165 e. The van der Waals surface area contributed by atoms with Crippen molar-refractivity contribution < 1.29 is 13.5 Å². The van der Waals surface area contributed by atoms with E-state index in [9.17, 15) is 8.78 Å². The van der Waals surface area contributed by atoms with Crippen molar-refractivity contribution >= 4 is 0 Å². The molecule has 20 heavy (non-hydrogen) atoms. The van der Waals surface area contributed by atoms with E-state index in [-0.39, 0.29) is 30.0 Å². The fourth-order valence-corrected chi connectivity index (χ4v) is 1.68. The number of nitrogens with two attached hydrogens (primary N) is 1. The molecule has 0 spiro atoms. The summed E-state index contributed by atoms with van der Waals surface area (Å²) in [7, 11) is 0. The third kappa shape index (κ3) is 3.11. The lowest BCUT2D eigenvalue weighted by Gasteiger charge is -2.09. The van der Waals surface area contributed by atoms with Gasteiger partial charge < -0.3 is 10.5 Å². The van der Waals surface area contributed by atoms with Gasteiger partial charge in [-0.25, -0.2) is 8.78 Å². The molecular weight excluding hydrogens is 262 g/mol. The van der Waals surface area contributed by atoms with Gasteiger partial charge in [-0.05, 0) is 29.8 Å². The molecule has 0 saturated carbocycles. The van der Waals surface area contributed by atoms with E-state index in [0.717, 1.165) is 6.07 Å². The van der Waals surface area contributed by atoms with E-state index in [1.165, 1.54) is 24.3 Å². The molecule has 0 aromatic heterocycles. The predicted molar refractivity (Wildman–Crippen MR) is 69.7 cm³/mol. The Balaban J connectivity index is 2.11. The predicted octanol–water partition coefficient (Wildman–Crippen LogP) is 2.87. The second-order valence-electron chi connectivity index (χ2n) is 4.18. The molecule has 2 rings (SSSR count). The number of halogens is 2. The summed E-state index contributed by atoms with van der Waals surface area (Å²) in [6.45, 7) is 0.123. The van der Waals surface area contributed by atoms with Crippen LogP contribution in [0.15, 0.2) is 36.4 Å². The minimum Gasteiger partial charge on any atom is -0.486 e. The summed E-state index contributed by atoms with van der Waals surface area (Å²) >= 11 is 0. The fraction of sp³-hybridized carbons (Fsp3) is 0.133. The lowest BCUT2D eigenvalue weighted by molar-refractivity contribution is 0.284. The number of benzene rings is 2. The maximum absolute atomic E-state index is 13.6. The lowest BCUT2D eigenvalue weighted by Crippen LogP contribution is -2.02. The van der Waals surface area contributed by atoms with Crippen LogP contribution < -0.4 is 10.5 Å². The zero-order valence-corrected chi connectivity index (χ0v) is 10.6. The van der Waals surface area contributed by atoms with Gasteiger partial charge in [0.25, 0.3) is 0 Å². The highest BCUT2D eigenvalue weighted by Gasteiger charge is 2.08. The van der Waals surface area contributed by atoms with E-state index in [0.29, 0.717) is 5.56 Å². The molecule has 2 aromatic rings. The highest BCUT2D eigenvalue weighted by molar-refractivity contribution is 5.33. The Morgan fingerprint density at radius 1 is 1.10 bits per heavy atom. The van der Waals surface area contributed by atoms with Crippen molar-refractivity contribution in [3.63, 3.8) is 0 Å². The number of nitriles is 1. The Bertz CT molecular complexity index is 665. The summed E-state index contributed by atoms with van der Waals surface area (Å²) in [5.74, 6) is -1.06. The van der Waals surface area contributed by atoms with Crippen molar-refractivity contribution in [3.8, 4) is 11.8 Å². The van der Waals surface area contributed by atoms with Crippen molar-refractivity contribution in [1.29, 1.82) is 5.26 Å². The molecule has 0 atom stereocenters. The molecule has 102 valence electrons. The molecule has 0 aliphatic carbocycles. The van der Waals surface area contributed by atoms with Gasteiger partial charge in [0.05, 0.1) is 11.6 Å². The monoisotopic (exact) mass is 274 g/mol. The molecule has 0 heterocycles. The Kier molecular flexibility index (Phi) is 4.28. The Hall–Kier alpha value is -2.45. The summed E-state index contributed by atoms with van der Waals surface area (Å²) in [5.41, 5.74) is 6.53. The number of hydrogen-bond donors (Lipinski definition) is 1. The van der Waals surface area contributed by atoms with Gasteiger partial charge in [0.1, 0.15) is 12.4 Å². The fourth-order valence-electron chi connectivity index (χ4n) is 1.68. The first-order valence-electron chi connectivity index (χ1n) is 5.94. The van der Waals surface area contributed by atoms with E-state index in [2.05, 4.69) is 0 Å². The topological polar surface area (TPSA) is 59.0 Å². The van der Waals surface area contributed by atoms with Crippen LogP contribution in [0.2, 0.25) is 0 Å². The van der Waals surface area contributed by atoms with Gasteiger partial charge in [-0.3, -0.25) is 0 Å². The average Bonchev–Trinajstić information content (AvgIpc) is 2.46. The van der Waals surface area contributed by atoms with Crippen LogP contribution in [0.25, 0.3) is 0 Å². The molecule has 0 unspecified atom stereocenters. The van der Waals surface area contributed by atoms with Crippen LogP contribution in [0.1, 0.15) is 16.7 Å². The minimum atomic E-state index is -0.553. The third-order valence-electron chi connectivity index (χ3n) is 2.80. The standard InChI is InChI=1S/C15H12F2N2O/c16-13-5-10(7-18)1-3-12(13)9-20-15-4-2-11(8-19)6-14(15)17/h1-6H,8-9,19H2. The van der Waals surface area contributed by atoms with Crippen molar-refractivity contribution in [2.24, 2.45) is 5.73 Å². The molecule has 2 N–H and O–H groups in total.